The zero-order chi connectivity index (χ0) is 28.6. The summed E-state index contributed by atoms with van der Waals surface area (Å²) in [7, 11) is 0. The summed E-state index contributed by atoms with van der Waals surface area (Å²) in [6.45, 7) is 6.31. The molecule has 4 heterocycles. The number of amides is 1. The molecule has 2 aliphatic rings. The Morgan fingerprint density at radius 1 is 1.18 bits per heavy atom. The van der Waals surface area contributed by atoms with Crippen molar-refractivity contribution in [1.29, 1.82) is 0 Å². The van der Waals surface area contributed by atoms with Gasteiger partial charge in [0.1, 0.15) is 18.4 Å². The third-order valence-electron chi connectivity index (χ3n) is 7.36. The fourth-order valence-corrected chi connectivity index (χ4v) is 5.36. The Kier molecular flexibility index (Phi) is 7.71. The molecule has 2 aliphatic heterocycles. The summed E-state index contributed by atoms with van der Waals surface area (Å²) in [5.41, 5.74) is 0.369. The molecule has 2 saturated heterocycles. The molecule has 0 unspecified atom stereocenters. The van der Waals surface area contributed by atoms with Gasteiger partial charge in [0.25, 0.3) is 5.56 Å². The van der Waals surface area contributed by atoms with E-state index in [1.54, 1.807) is 9.47 Å². The molecule has 5 rings (SSSR count). The van der Waals surface area contributed by atoms with E-state index in [0.29, 0.717) is 63.4 Å². The van der Waals surface area contributed by atoms with Gasteiger partial charge in [-0.3, -0.25) is 9.59 Å². The number of nitrogens with one attached hydrogen (secondary N) is 2. The fraction of sp³-hybridized carbons (Fsp3) is 0.538. The van der Waals surface area contributed by atoms with E-state index >= 15 is 0 Å². The second kappa shape index (κ2) is 11.1. The van der Waals surface area contributed by atoms with Crippen molar-refractivity contribution in [1.82, 2.24) is 24.5 Å². The minimum absolute atomic E-state index is 0.115. The number of piperidine rings is 1. The number of rotatable bonds is 6. The van der Waals surface area contributed by atoms with Crippen molar-refractivity contribution < 1.29 is 22.4 Å². The van der Waals surface area contributed by atoms with Crippen LogP contribution in [0.1, 0.15) is 36.6 Å². The molecular weight excluding hydrogens is 532 g/mol. The molecule has 2 aromatic heterocycles. The Morgan fingerprint density at radius 3 is 2.58 bits per heavy atom. The Bertz CT molecular complexity index is 1460. The minimum atomic E-state index is -4.49. The normalized spacial score (nSPS) is 18.4. The lowest BCUT2D eigenvalue weighted by molar-refractivity contribution is -0.137. The summed E-state index contributed by atoms with van der Waals surface area (Å²) in [5.74, 6) is -0.136. The van der Waals surface area contributed by atoms with Gasteiger partial charge in [-0.05, 0) is 49.9 Å². The molecule has 0 spiro atoms. The number of hydrogen-bond donors (Lipinski definition) is 2. The number of aryl methyl sites for hydroxylation is 1. The Labute approximate surface area is 228 Å². The average Bonchev–Trinajstić information content (AvgIpc) is 3.37. The van der Waals surface area contributed by atoms with Gasteiger partial charge in [0.15, 0.2) is 0 Å². The molecule has 0 bridgehead atoms. The van der Waals surface area contributed by atoms with Crippen LogP contribution in [0.5, 0.6) is 0 Å². The molecule has 0 aliphatic carbocycles. The van der Waals surface area contributed by atoms with E-state index in [4.69, 9.17) is 0 Å². The van der Waals surface area contributed by atoms with E-state index in [2.05, 4.69) is 20.7 Å². The molecule has 1 aromatic carbocycles. The van der Waals surface area contributed by atoms with E-state index in [0.717, 1.165) is 12.1 Å². The van der Waals surface area contributed by atoms with Gasteiger partial charge in [-0.25, -0.2) is 4.39 Å². The van der Waals surface area contributed by atoms with Gasteiger partial charge >= 0.3 is 6.18 Å². The van der Waals surface area contributed by atoms with Crippen LogP contribution in [-0.4, -0.2) is 70.5 Å². The molecule has 216 valence electrons. The quantitative estimate of drug-likeness (QED) is 0.445. The van der Waals surface area contributed by atoms with Gasteiger partial charge < -0.3 is 25.0 Å². The molecule has 10 nitrogen and oxygen atoms in total. The molecular formula is C26H32F4N8O2. The van der Waals surface area contributed by atoms with Crippen LogP contribution in [0.3, 0.4) is 0 Å². The van der Waals surface area contributed by atoms with Crippen LogP contribution in [0.25, 0.3) is 5.78 Å². The summed E-state index contributed by atoms with van der Waals surface area (Å²) in [4.78, 5) is 35.3. The first kappa shape index (κ1) is 27.9. The molecule has 0 radical (unpaired) electrons. The number of piperazine rings is 1. The van der Waals surface area contributed by atoms with Crippen molar-refractivity contribution in [3.63, 3.8) is 0 Å². The smallest absolute Gasteiger partial charge is 0.363 e. The molecule has 0 saturated carbocycles. The van der Waals surface area contributed by atoms with Crippen LogP contribution in [0.2, 0.25) is 0 Å². The number of carbonyl (C=O) groups excluding carboxylic acids is 1. The van der Waals surface area contributed by atoms with E-state index in [1.807, 2.05) is 11.8 Å². The molecule has 40 heavy (non-hydrogen) atoms. The highest BCUT2D eigenvalue weighted by Crippen LogP contribution is 2.31. The van der Waals surface area contributed by atoms with Gasteiger partial charge in [-0.2, -0.15) is 22.7 Å². The van der Waals surface area contributed by atoms with Crippen molar-refractivity contribution in [2.75, 3.05) is 54.4 Å². The first-order valence-corrected chi connectivity index (χ1v) is 13.4. The topological polar surface area (TPSA) is 99.8 Å². The number of carbonyl (C=O) groups is 1. The van der Waals surface area contributed by atoms with Crippen LogP contribution in [0.4, 0.5) is 34.9 Å². The highest BCUT2D eigenvalue weighted by Gasteiger charge is 2.31. The van der Waals surface area contributed by atoms with Crippen LogP contribution < -0.4 is 26.0 Å². The maximum absolute atomic E-state index is 14.2. The Balaban J connectivity index is 1.55. The first-order valence-electron chi connectivity index (χ1n) is 13.4. The van der Waals surface area contributed by atoms with Gasteiger partial charge in [0.2, 0.25) is 17.6 Å². The summed E-state index contributed by atoms with van der Waals surface area (Å²) >= 11 is 0. The van der Waals surface area contributed by atoms with Crippen LogP contribution in [0, 0.1) is 6.92 Å². The Hall–Kier alpha value is -3.68. The zero-order valence-corrected chi connectivity index (χ0v) is 22.4. The zero-order valence-electron chi connectivity index (χ0n) is 22.4. The standard InChI is InChI=1S/C26H32F4N8O2/c1-3-20-22(35-11-8-31-9-12-35)23(40)38-25(33-24(34-38)36-10-4-5-18(27)14-36)37(20)15-21(39)32-19-7-6-17(13-16(19)2)26(28,29)30/h6-7,13,18,31H,3-5,8-12,14-15H2,1-2H3,(H,32,39)/t18-/m0/s1. The highest BCUT2D eigenvalue weighted by atomic mass is 19.4. The minimum Gasteiger partial charge on any atom is -0.363 e. The SMILES string of the molecule is CCc1c(N2CCNCC2)c(=O)n2nc(N3CCC[C@H](F)C3)nc2n1CC(=O)Nc1ccc(C(F)(F)F)cc1C. The van der Waals surface area contributed by atoms with Crippen molar-refractivity contribution in [3.05, 3.63) is 45.4 Å². The first-order chi connectivity index (χ1) is 19.1. The predicted molar refractivity (Wildman–Crippen MR) is 143 cm³/mol. The van der Waals surface area contributed by atoms with Crippen LogP contribution >= 0.6 is 0 Å². The summed E-state index contributed by atoms with van der Waals surface area (Å²) in [6.07, 6.45) is -4.03. The van der Waals surface area contributed by atoms with E-state index in [1.165, 1.54) is 17.5 Å². The number of benzene rings is 1. The second-order valence-electron chi connectivity index (χ2n) is 10.2. The molecule has 3 aromatic rings. The molecule has 1 atom stereocenters. The summed E-state index contributed by atoms with van der Waals surface area (Å²) in [5, 5.41) is 10.4. The number of hydrogen-bond acceptors (Lipinski definition) is 7. The monoisotopic (exact) mass is 564 g/mol. The van der Waals surface area contributed by atoms with Gasteiger partial charge in [-0.15, -0.1) is 5.10 Å². The van der Waals surface area contributed by atoms with Crippen molar-refractivity contribution >= 4 is 29.0 Å². The van der Waals surface area contributed by atoms with Crippen LogP contribution in [-0.2, 0) is 23.9 Å². The highest BCUT2D eigenvalue weighted by molar-refractivity contribution is 5.91. The number of anilines is 3. The maximum atomic E-state index is 14.2. The van der Waals surface area contributed by atoms with Gasteiger partial charge in [0, 0.05) is 38.4 Å². The maximum Gasteiger partial charge on any atom is 0.416 e. The number of halogens is 4. The Morgan fingerprint density at radius 2 is 1.93 bits per heavy atom. The number of aromatic nitrogens is 4. The second-order valence-corrected chi connectivity index (χ2v) is 10.2. The van der Waals surface area contributed by atoms with Crippen LogP contribution in [0.15, 0.2) is 23.0 Å². The van der Waals surface area contributed by atoms with Gasteiger partial charge in [-0.1, -0.05) is 6.92 Å². The fourth-order valence-electron chi connectivity index (χ4n) is 5.36. The predicted octanol–water partition coefficient (Wildman–Crippen LogP) is 2.77. The average molecular weight is 565 g/mol. The molecule has 2 fully saturated rings. The number of fused-ring (bicyclic) bond motifs is 1. The lowest BCUT2D eigenvalue weighted by Crippen LogP contribution is -2.47. The van der Waals surface area contributed by atoms with Crippen molar-refractivity contribution in [3.8, 4) is 0 Å². The summed E-state index contributed by atoms with van der Waals surface area (Å²) < 4.78 is 56.3. The third kappa shape index (κ3) is 5.49. The third-order valence-corrected chi connectivity index (χ3v) is 7.36. The largest absolute Gasteiger partial charge is 0.416 e. The summed E-state index contributed by atoms with van der Waals surface area (Å²) in [6, 6.07) is 3.12. The van der Waals surface area contributed by atoms with Gasteiger partial charge in [0.05, 0.1) is 17.8 Å². The van der Waals surface area contributed by atoms with E-state index in [-0.39, 0.29) is 41.6 Å². The number of nitrogens with zero attached hydrogens (tertiary/aromatic N) is 6. The number of alkyl halides is 4. The lowest BCUT2D eigenvalue weighted by Gasteiger charge is -2.31. The molecule has 2 N–H and O–H groups in total. The van der Waals surface area contributed by atoms with E-state index < -0.39 is 23.8 Å². The van der Waals surface area contributed by atoms with E-state index in [9.17, 15) is 27.2 Å². The van der Waals surface area contributed by atoms with Crippen molar-refractivity contribution in [2.24, 2.45) is 0 Å². The van der Waals surface area contributed by atoms with Crippen molar-refractivity contribution in [2.45, 2.75) is 52.0 Å². The molecule has 1 amide bonds. The molecule has 14 heteroatoms. The lowest BCUT2D eigenvalue weighted by atomic mass is 10.1.